The number of hydrogen-bond acceptors (Lipinski definition) is 4. The highest BCUT2D eigenvalue weighted by Gasteiger charge is 2.15. The van der Waals surface area contributed by atoms with E-state index in [1.54, 1.807) is 7.05 Å². The third kappa shape index (κ3) is 4.86. The molecule has 0 unspecified atom stereocenters. The molecule has 0 saturated carbocycles. The zero-order valence-corrected chi connectivity index (χ0v) is 14.8. The molecule has 5 nitrogen and oxygen atoms in total. The number of nitrogens with zero attached hydrogens (tertiary/aromatic N) is 1. The molecule has 24 heavy (non-hydrogen) atoms. The number of furan rings is 1. The minimum absolute atomic E-state index is 0.0453. The van der Waals surface area contributed by atoms with Crippen molar-refractivity contribution in [3.8, 4) is 17.1 Å². The zero-order chi connectivity index (χ0) is 17.5. The molecule has 1 aromatic carbocycles. The van der Waals surface area contributed by atoms with Crippen LogP contribution in [-0.4, -0.2) is 37.6 Å². The second kappa shape index (κ2) is 8.55. The van der Waals surface area contributed by atoms with Crippen molar-refractivity contribution in [2.75, 3.05) is 20.7 Å². The van der Waals surface area contributed by atoms with E-state index in [1.165, 1.54) is 0 Å². The number of ether oxygens (including phenoxy) is 1. The van der Waals surface area contributed by atoms with Gasteiger partial charge in [0.05, 0.1) is 13.2 Å². The molecular formula is C19H26N2O3. The lowest BCUT2D eigenvalue weighted by molar-refractivity contribution is -0.121. The molecule has 0 saturated heterocycles. The largest absolute Gasteiger partial charge is 0.494 e. The van der Waals surface area contributed by atoms with Gasteiger partial charge in [0.2, 0.25) is 5.91 Å². The summed E-state index contributed by atoms with van der Waals surface area (Å²) in [5.41, 5.74) is 1.02. The molecule has 1 N–H and O–H groups in total. The van der Waals surface area contributed by atoms with Crippen molar-refractivity contribution in [3.05, 3.63) is 42.2 Å². The molecule has 1 heterocycles. The molecule has 0 bridgehead atoms. The fraction of sp³-hybridized carbons (Fsp3) is 0.421. The Bertz CT molecular complexity index is 649. The fourth-order valence-corrected chi connectivity index (χ4v) is 2.43. The predicted molar refractivity (Wildman–Crippen MR) is 94.9 cm³/mol. The van der Waals surface area contributed by atoms with E-state index in [0.717, 1.165) is 22.8 Å². The van der Waals surface area contributed by atoms with Crippen LogP contribution < -0.4 is 10.1 Å². The van der Waals surface area contributed by atoms with Crippen LogP contribution in [0.3, 0.4) is 0 Å². The number of hydrogen-bond donors (Lipinski definition) is 1. The highest BCUT2D eigenvalue weighted by molar-refractivity contribution is 5.76. The van der Waals surface area contributed by atoms with Crippen molar-refractivity contribution >= 4 is 5.91 Å². The predicted octanol–water partition coefficient (Wildman–Crippen LogP) is 3.30. The van der Waals surface area contributed by atoms with Crippen molar-refractivity contribution in [3.63, 3.8) is 0 Å². The molecule has 1 aromatic heterocycles. The van der Waals surface area contributed by atoms with Gasteiger partial charge in [0.15, 0.2) is 0 Å². The first-order chi connectivity index (χ1) is 11.5. The molecule has 0 radical (unpaired) electrons. The molecule has 0 aliphatic rings. The molecule has 0 aliphatic heterocycles. The maximum absolute atomic E-state index is 11.5. The molecule has 5 heteroatoms. The zero-order valence-electron chi connectivity index (χ0n) is 14.8. The van der Waals surface area contributed by atoms with Crippen molar-refractivity contribution in [1.82, 2.24) is 10.2 Å². The lowest BCUT2D eigenvalue weighted by atomic mass is 10.2. The highest BCUT2D eigenvalue weighted by Crippen LogP contribution is 2.25. The van der Waals surface area contributed by atoms with E-state index < -0.39 is 0 Å². The summed E-state index contributed by atoms with van der Waals surface area (Å²) in [4.78, 5) is 13.6. The number of nitrogens with one attached hydrogen (secondary N) is 1. The van der Waals surface area contributed by atoms with E-state index in [2.05, 4.69) is 10.2 Å². The Hall–Kier alpha value is -2.27. The van der Waals surface area contributed by atoms with E-state index >= 15 is 0 Å². The molecule has 0 spiro atoms. The van der Waals surface area contributed by atoms with Gasteiger partial charge in [0, 0.05) is 25.1 Å². The molecule has 0 fully saturated rings. The Balaban J connectivity index is 1.98. The number of amides is 1. The van der Waals surface area contributed by atoms with Gasteiger partial charge < -0.3 is 14.5 Å². The lowest BCUT2D eigenvalue weighted by Gasteiger charge is -2.22. The smallest absolute Gasteiger partial charge is 0.221 e. The summed E-state index contributed by atoms with van der Waals surface area (Å²) in [6, 6.07) is 12.0. The van der Waals surface area contributed by atoms with Gasteiger partial charge >= 0.3 is 0 Å². The average molecular weight is 330 g/mol. The maximum Gasteiger partial charge on any atom is 0.221 e. The molecule has 130 valence electrons. The first-order valence-electron chi connectivity index (χ1n) is 8.26. The fourth-order valence-electron chi connectivity index (χ4n) is 2.43. The van der Waals surface area contributed by atoms with Gasteiger partial charge in [0.1, 0.15) is 17.3 Å². The van der Waals surface area contributed by atoms with Crippen molar-refractivity contribution in [1.29, 1.82) is 0 Å². The second-order valence-electron chi connectivity index (χ2n) is 5.86. The molecule has 0 aliphatic carbocycles. The maximum atomic E-state index is 11.5. The van der Waals surface area contributed by atoms with Gasteiger partial charge in [-0.05, 0) is 57.3 Å². The van der Waals surface area contributed by atoms with E-state index in [9.17, 15) is 4.79 Å². The van der Waals surface area contributed by atoms with Crippen LogP contribution in [0.5, 0.6) is 5.75 Å². The molecule has 1 amide bonds. The minimum atomic E-state index is 0.0453. The van der Waals surface area contributed by atoms with E-state index in [-0.39, 0.29) is 11.9 Å². The summed E-state index contributed by atoms with van der Waals surface area (Å²) in [7, 11) is 3.65. The monoisotopic (exact) mass is 330 g/mol. The Morgan fingerprint density at radius 1 is 1.25 bits per heavy atom. The van der Waals surface area contributed by atoms with E-state index in [1.807, 2.05) is 57.3 Å². The number of carbonyl (C=O) groups excluding carboxylic acids is 1. The third-order valence-corrected chi connectivity index (χ3v) is 4.03. The summed E-state index contributed by atoms with van der Waals surface area (Å²) in [6.45, 7) is 5.32. The first-order valence-corrected chi connectivity index (χ1v) is 8.26. The molecule has 2 rings (SSSR count). The van der Waals surface area contributed by atoms with Crippen LogP contribution in [0.2, 0.25) is 0 Å². The normalized spacial score (nSPS) is 12.2. The summed E-state index contributed by atoms with van der Waals surface area (Å²) in [5, 5.41) is 2.65. The SMILES string of the molecule is CCOc1ccc(-c2ccc(CN(C)[C@H](C)CC(=O)NC)o2)cc1. The molecule has 2 aromatic rings. The van der Waals surface area contributed by atoms with E-state index in [0.29, 0.717) is 19.6 Å². The van der Waals surface area contributed by atoms with Crippen LogP contribution in [-0.2, 0) is 11.3 Å². The third-order valence-electron chi connectivity index (χ3n) is 4.03. The first kappa shape index (κ1) is 18.1. The van der Waals surface area contributed by atoms with Gasteiger partial charge in [-0.1, -0.05) is 0 Å². The van der Waals surface area contributed by atoms with Crippen LogP contribution in [0.4, 0.5) is 0 Å². The minimum Gasteiger partial charge on any atom is -0.494 e. The van der Waals surface area contributed by atoms with Crippen molar-refractivity contribution in [2.24, 2.45) is 0 Å². The molecular weight excluding hydrogens is 304 g/mol. The Morgan fingerprint density at radius 3 is 2.58 bits per heavy atom. The Morgan fingerprint density at radius 2 is 1.96 bits per heavy atom. The highest BCUT2D eigenvalue weighted by atomic mass is 16.5. The van der Waals surface area contributed by atoms with Gasteiger partial charge in [-0.3, -0.25) is 9.69 Å². The average Bonchev–Trinajstić information content (AvgIpc) is 3.04. The van der Waals surface area contributed by atoms with Gasteiger partial charge in [-0.2, -0.15) is 0 Å². The van der Waals surface area contributed by atoms with E-state index in [4.69, 9.17) is 9.15 Å². The van der Waals surface area contributed by atoms with Crippen molar-refractivity contribution < 1.29 is 13.9 Å². The summed E-state index contributed by atoms with van der Waals surface area (Å²) in [6.07, 6.45) is 0.472. The quantitative estimate of drug-likeness (QED) is 0.807. The van der Waals surface area contributed by atoms with Crippen LogP contribution in [0.1, 0.15) is 26.0 Å². The second-order valence-corrected chi connectivity index (χ2v) is 5.86. The number of carbonyl (C=O) groups is 1. The summed E-state index contributed by atoms with van der Waals surface area (Å²) in [5.74, 6) is 2.62. The van der Waals surface area contributed by atoms with Gasteiger partial charge in [-0.15, -0.1) is 0 Å². The van der Waals surface area contributed by atoms with Gasteiger partial charge in [-0.25, -0.2) is 0 Å². The number of benzene rings is 1. The molecule has 1 atom stereocenters. The summed E-state index contributed by atoms with van der Waals surface area (Å²) >= 11 is 0. The Labute approximate surface area is 143 Å². The van der Waals surface area contributed by atoms with Crippen LogP contribution in [0.15, 0.2) is 40.8 Å². The number of rotatable bonds is 8. The van der Waals surface area contributed by atoms with Crippen LogP contribution >= 0.6 is 0 Å². The standard InChI is InChI=1S/C19H26N2O3/c1-5-23-16-8-6-15(7-9-16)18-11-10-17(24-18)13-21(4)14(2)12-19(22)20-3/h6-11,14H,5,12-13H2,1-4H3,(H,20,22)/t14-/m1/s1. The van der Waals surface area contributed by atoms with Crippen molar-refractivity contribution in [2.45, 2.75) is 32.9 Å². The lowest BCUT2D eigenvalue weighted by Crippen LogP contribution is -2.33. The van der Waals surface area contributed by atoms with Gasteiger partial charge in [0.25, 0.3) is 0 Å². The summed E-state index contributed by atoms with van der Waals surface area (Å²) < 4.78 is 11.4. The topological polar surface area (TPSA) is 54.7 Å². The van der Waals surface area contributed by atoms with Crippen LogP contribution in [0, 0.1) is 0 Å². The Kier molecular flexibility index (Phi) is 6.44. The van der Waals surface area contributed by atoms with Crippen LogP contribution in [0.25, 0.3) is 11.3 Å².